The van der Waals surface area contributed by atoms with E-state index in [-0.39, 0.29) is 24.6 Å². The Labute approximate surface area is 218 Å². The number of carbonyl (C=O) groups is 2. The van der Waals surface area contributed by atoms with Gasteiger partial charge in [0.15, 0.2) is 5.82 Å². The third-order valence-corrected chi connectivity index (χ3v) is 6.01. The van der Waals surface area contributed by atoms with Gasteiger partial charge in [0.25, 0.3) is 5.91 Å². The Hall–Kier alpha value is -3.72. The van der Waals surface area contributed by atoms with Gasteiger partial charge in [-0.25, -0.2) is 9.97 Å². The fraction of sp³-hybridized carbons (Fsp3) is 0.154. The van der Waals surface area contributed by atoms with Gasteiger partial charge in [0.2, 0.25) is 5.91 Å². The molecule has 0 atom stereocenters. The van der Waals surface area contributed by atoms with E-state index in [0.29, 0.717) is 38.5 Å². The first-order valence-electron chi connectivity index (χ1n) is 11.0. The zero-order valence-electron chi connectivity index (χ0n) is 19.6. The van der Waals surface area contributed by atoms with Crippen LogP contribution in [0.2, 0.25) is 10.0 Å². The first-order chi connectivity index (χ1) is 17.4. The van der Waals surface area contributed by atoms with Gasteiger partial charge in [-0.15, -0.1) is 0 Å². The molecule has 2 amide bonds. The molecule has 36 heavy (non-hydrogen) atoms. The Bertz CT molecular complexity index is 1440. The summed E-state index contributed by atoms with van der Waals surface area (Å²) >= 11 is 12.7. The Morgan fingerprint density at radius 2 is 1.78 bits per heavy atom. The number of amides is 2. The third-order valence-electron chi connectivity index (χ3n) is 5.35. The van der Waals surface area contributed by atoms with Gasteiger partial charge >= 0.3 is 0 Å². The average Bonchev–Trinajstić information content (AvgIpc) is 2.87. The second kappa shape index (κ2) is 11.3. The van der Waals surface area contributed by atoms with Crippen molar-refractivity contribution in [1.82, 2.24) is 15.3 Å². The van der Waals surface area contributed by atoms with E-state index in [0.717, 1.165) is 10.9 Å². The minimum atomic E-state index is -0.390. The van der Waals surface area contributed by atoms with Crippen LogP contribution in [0.25, 0.3) is 22.3 Å². The number of benzene rings is 3. The quantitative estimate of drug-likeness (QED) is 0.294. The van der Waals surface area contributed by atoms with Gasteiger partial charge in [-0.3, -0.25) is 9.59 Å². The Kier molecular flexibility index (Phi) is 8.00. The van der Waals surface area contributed by atoms with Crippen LogP contribution in [-0.2, 0) is 16.1 Å². The summed E-state index contributed by atoms with van der Waals surface area (Å²) in [4.78, 5) is 34.0. The van der Waals surface area contributed by atoms with Crippen molar-refractivity contribution in [2.75, 3.05) is 31.4 Å². The van der Waals surface area contributed by atoms with Crippen LogP contribution in [0, 0.1) is 0 Å². The van der Waals surface area contributed by atoms with Crippen LogP contribution in [0.1, 0.15) is 15.9 Å². The molecule has 1 heterocycles. The standard InChI is InChI=1S/C26H23Cl2N5O3/c1-29-24-18-9-8-16(12-22(18)32-25(33-24)17-5-3-4-6-20(17)27)31-26(35)19-11-15(7-10-21(19)28)13-30-23(34)14-36-2/h3-12H,13-14H2,1-2H3,(H,30,34)(H,31,35)(H,29,32,33). The van der Waals surface area contributed by atoms with Crippen molar-refractivity contribution in [3.05, 3.63) is 81.8 Å². The molecule has 10 heteroatoms. The Morgan fingerprint density at radius 1 is 0.972 bits per heavy atom. The molecule has 3 N–H and O–H groups in total. The molecule has 3 aromatic carbocycles. The highest BCUT2D eigenvalue weighted by Gasteiger charge is 2.15. The molecule has 0 saturated heterocycles. The topological polar surface area (TPSA) is 105 Å². The van der Waals surface area contributed by atoms with Crippen LogP contribution < -0.4 is 16.0 Å². The van der Waals surface area contributed by atoms with Crippen LogP contribution in [0.5, 0.6) is 0 Å². The van der Waals surface area contributed by atoms with Gasteiger partial charge in [-0.05, 0) is 48.0 Å². The second-order valence-electron chi connectivity index (χ2n) is 7.84. The molecule has 0 spiro atoms. The van der Waals surface area contributed by atoms with Gasteiger partial charge in [-0.2, -0.15) is 0 Å². The largest absolute Gasteiger partial charge is 0.375 e. The van der Waals surface area contributed by atoms with Crippen LogP contribution in [0.3, 0.4) is 0 Å². The van der Waals surface area contributed by atoms with E-state index in [4.69, 9.17) is 27.9 Å². The lowest BCUT2D eigenvalue weighted by Crippen LogP contribution is -2.26. The molecule has 184 valence electrons. The lowest BCUT2D eigenvalue weighted by Gasteiger charge is -2.12. The smallest absolute Gasteiger partial charge is 0.257 e. The summed E-state index contributed by atoms with van der Waals surface area (Å²) in [6.45, 7) is 0.198. The van der Waals surface area contributed by atoms with Crippen molar-refractivity contribution >= 4 is 57.4 Å². The highest BCUT2D eigenvalue weighted by Crippen LogP contribution is 2.30. The number of halogens is 2. The zero-order chi connectivity index (χ0) is 25.7. The highest BCUT2D eigenvalue weighted by atomic mass is 35.5. The molecule has 0 aliphatic carbocycles. The first-order valence-corrected chi connectivity index (χ1v) is 11.7. The molecule has 0 aliphatic rings. The maximum Gasteiger partial charge on any atom is 0.257 e. The molecule has 4 aromatic rings. The van der Waals surface area contributed by atoms with Crippen LogP contribution in [0.4, 0.5) is 11.5 Å². The van der Waals surface area contributed by atoms with E-state index < -0.39 is 5.91 Å². The molecule has 0 unspecified atom stereocenters. The number of fused-ring (bicyclic) bond motifs is 1. The van der Waals surface area contributed by atoms with E-state index in [2.05, 4.69) is 25.9 Å². The summed E-state index contributed by atoms with van der Waals surface area (Å²) in [6.07, 6.45) is 0. The summed E-state index contributed by atoms with van der Waals surface area (Å²) < 4.78 is 4.81. The van der Waals surface area contributed by atoms with Crippen LogP contribution >= 0.6 is 23.2 Å². The summed E-state index contributed by atoms with van der Waals surface area (Å²) in [6, 6.07) is 17.7. The molecule has 4 rings (SSSR count). The predicted molar refractivity (Wildman–Crippen MR) is 143 cm³/mol. The number of rotatable bonds is 8. The van der Waals surface area contributed by atoms with Gasteiger partial charge in [-0.1, -0.05) is 41.4 Å². The molecule has 0 bridgehead atoms. The molecule has 0 radical (unpaired) electrons. The number of hydrogen-bond acceptors (Lipinski definition) is 6. The molecule has 0 aliphatic heterocycles. The van der Waals surface area contributed by atoms with E-state index >= 15 is 0 Å². The van der Waals surface area contributed by atoms with E-state index in [1.807, 2.05) is 24.3 Å². The minimum absolute atomic E-state index is 0.0418. The molecule has 1 aromatic heterocycles. The summed E-state index contributed by atoms with van der Waals surface area (Å²) in [5, 5.41) is 10.3. The lowest BCUT2D eigenvalue weighted by molar-refractivity contribution is -0.124. The van der Waals surface area contributed by atoms with Crippen molar-refractivity contribution in [1.29, 1.82) is 0 Å². The Balaban J connectivity index is 1.61. The van der Waals surface area contributed by atoms with Crippen molar-refractivity contribution in [3.8, 4) is 11.4 Å². The lowest BCUT2D eigenvalue weighted by atomic mass is 10.1. The second-order valence-corrected chi connectivity index (χ2v) is 8.65. The number of hydrogen-bond donors (Lipinski definition) is 3. The van der Waals surface area contributed by atoms with Crippen LogP contribution in [-0.4, -0.2) is 42.5 Å². The van der Waals surface area contributed by atoms with Gasteiger partial charge < -0.3 is 20.7 Å². The fourth-order valence-corrected chi connectivity index (χ4v) is 4.02. The van der Waals surface area contributed by atoms with E-state index in [1.165, 1.54) is 7.11 Å². The van der Waals surface area contributed by atoms with E-state index in [9.17, 15) is 9.59 Å². The molecular formula is C26H23Cl2N5O3. The summed E-state index contributed by atoms with van der Waals surface area (Å²) in [7, 11) is 3.22. The van der Waals surface area contributed by atoms with Gasteiger partial charge in [0.05, 0.1) is 21.1 Å². The number of methoxy groups -OCH3 is 1. The third kappa shape index (κ3) is 5.73. The number of ether oxygens (including phenoxy) is 1. The molecular weight excluding hydrogens is 501 g/mol. The van der Waals surface area contributed by atoms with Crippen molar-refractivity contribution in [3.63, 3.8) is 0 Å². The van der Waals surface area contributed by atoms with Crippen LogP contribution in [0.15, 0.2) is 60.7 Å². The molecule has 8 nitrogen and oxygen atoms in total. The fourth-order valence-electron chi connectivity index (χ4n) is 3.60. The van der Waals surface area contributed by atoms with Gasteiger partial charge in [0, 0.05) is 37.3 Å². The number of nitrogens with zero attached hydrogens (tertiary/aromatic N) is 2. The predicted octanol–water partition coefficient (Wildman–Crippen LogP) is 5.16. The number of carbonyl (C=O) groups excluding carboxylic acids is 2. The normalized spacial score (nSPS) is 10.8. The zero-order valence-corrected chi connectivity index (χ0v) is 21.1. The number of nitrogens with one attached hydrogen (secondary N) is 3. The first kappa shape index (κ1) is 25.4. The highest BCUT2D eigenvalue weighted by molar-refractivity contribution is 6.34. The van der Waals surface area contributed by atoms with Crippen molar-refractivity contribution < 1.29 is 14.3 Å². The minimum Gasteiger partial charge on any atom is -0.375 e. The maximum absolute atomic E-state index is 13.1. The van der Waals surface area contributed by atoms with E-state index in [1.54, 1.807) is 43.4 Å². The number of anilines is 2. The SMILES string of the molecule is CNc1nc(-c2ccccc2Cl)nc2cc(NC(=O)c3cc(CNC(=O)COC)ccc3Cl)ccc12. The number of aromatic nitrogens is 2. The maximum atomic E-state index is 13.1. The average molecular weight is 524 g/mol. The summed E-state index contributed by atoms with van der Waals surface area (Å²) in [5.74, 6) is 0.457. The Morgan fingerprint density at radius 3 is 2.53 bits per heavy atom. The van der Waals surface area contributed by atoms with Crippen molar-refractivity contribution in [2.45, 2.75) is 6.54 Å². The van der Waals surface area contributed by atoms with Gasteiger partial charge in [0.1, 0.15) is 12.4 Å². The summed E-state index contributed by atoms with van der Waals surface area (Å²) in [5.41, 5.74) is 2.87. The molecule has 0 fully saturated rings. The molecule has 0 saturated carbocycles. The monoisotopic (exact) mass is 523 g/mol. The van der Waals surface area contributed by atoms with Crippen molar-refractivity contribution in [2.24, 2.45) is 0 Å².